The highest BCUT2D eigenvalue weighted by molar-refractivity contribution is 5.85. The summed E-state index contributed by atoms with van der Waals surface area (Å²) in [5.74, 6) is -0.224. The predicted molar refractivity (Wildman–Crippen MR) is 89.1 cm³/mol. The third-order valence-electron chi connectivity index (χ3n) is 3.64. The normalized spacial score (nSPS) is 16.1. The van der Waals surface area contributed by atoms with Gasteiger partial charge < -0.3 is 16.0 Å². The lowest BCUT2D eigenvalue weighted by atomic mass is 9.94. The molecule has 1 heterocycles. The summed E-state index contributed by atoms with van der Waals surface area (Å²) in [6.07, 6.45) is 2.27. The van der Waals surface area contributed by atoms with E-state index in [2.05, 4.69) is 28.1 Å². The lowest BCUT2D eigenvalue weighted by molar-refractivity contribution is -0.126. The van der Waals surface area contributed by atoms with Gasteiger partial charge in [0.15, 0.2) is 0 Å². The summed E-state index contributed by atoms with van der Waals surface area (Å²) in [5, 5.41) is 8.91. The molecule has 0 spiro atoms. The standard InChI is InChI=1S/C16H23N3O2.ClH/c1-2-5-15(20)19-11-16(21)18-10-14-13-7-4-3-6-12(13)8-9-17-14;/h3-4,6-7,14,17H,2,5,8-11H2,1H3,(H,18,21)(H,19,20);1H. The topological polar surface area (TPSA) is 70.2 Å². The molecule has 2 rings (SSSR count). The summed E-state index contributed by atoms with van der Waals surface area (Å²) in [7, 11) is 0. The molecule has 1 unspecified atom stereocenters. The van der Waals surface area contributed by atoms with Crippen LogP contribution in [0.15, 0.2) is 24.3 Å². The van der Waals surface area contributed by atoms with E-state index in [1.807, 2.05) is 19.1 Å². The van der Waals surface area contributed by atoms with Crippen molar-refractivity contribution >= 4 is 24.2 Å². The zero-order valence-electron chi connectivity index (χ0n) is 12.9. The van der Waals surface area contributed by atoms with Gasteiger partial charge >= 0.3 is 0 Å². The molecular formula is C16H24ClN3O2. The highest BCUT2D eigenvalue weighted by atomic mass is 35.5. The second-order valence-corrected chi connectivity index (χ2v) is 5.29. The lowest BCUT2D eigenvalue weighted by Crippen LogP contribution is -2.42. The van der Waals surface area contributed by atoms with E-state index in [4.69, 9.17) is 0 Å². The van der Waals surface area contributed by atoms with Gasteiger partial charge in [-0.1, -0.05) is 31.2 Å². The number of nitrogens with one attached hydrogen (secondary N) is 3. The number of hydrogen-bond acceptors (Lipinski definition) is 3. The fourth-order valence-corrected chi connectivity index (χ4v) is 2.55. The van der Waals surface area contributed by atoms with Gasteiger partial charge in [-0.25, -0.2) is 0 Å². The number of halogens is 1. The number of carbonyl (C=O) groups excluding carboxylic acids is 2. The molecule has 0 radical (unpaired) electrons. The van der Waals surface area contributed by atoms with E-state index in [-0.39, 0.29) is 36.8 Å². The SMILES string of the molecule is CCCC(=O)NCC(=O)NCC1NCCc2ccccc21.Cl. The van der Waals surface area contributed by atoms with Gasteiger partial charge in [0, 0.05) is 19.0 Å². The van der Waals surface area contributed by atoms with Gasteiger partial charge in [-0.05, 0) is 30.5 Å². The highest BCUT2D eigenvalue weighted by Gasteiger charge is 2.19. The van der Waals surface area contributed by atoms with Crippen molar-refractivity contribution in [1.29, 1.82) is 0 Å². The van der Waals surface area contributed by atoms with Crippen molar-refractivity contribution < 1.29 is 9.59 Å². The number of carbonyl (C=O) groups is 2. The Bertz CT molecular complexity index is 508. The van der Waals surface area contributed by atoms with Crippen LogP contribution in [0, 0.1) is 0 Å². The molecule has 3 N–H and O–H groups in total. The van der Waals surface area contributed by atoms with Crippen LogP contribution in [-0.4, -0.2) is 31.4 Å². The Kier molecular flexibility index (Phi) is 7.91. The van der Waals surface area contributed by atoms with E-state index < -0.39 is 0 Å². The van der Waals surface area contributed by atoms with Gasteiger partial charge in [-0.2, -0.15) is 0 Å². The molecule has 0 saturated heterocycles. The molecule has 5 nitrogen and oxygen atoms in total. The molecule has 6 heteroatoms. The van der Waals surface area contributed by atoms with Crippen molar-refractivity contribution in [1.82, 2.24) is 16.0 Å². The predicted octanol–water partition coefficient (Wildman–Crippen LogP) is 1.33. The molecular weight excluding hydrogens is 302 g/mol. The van der Waals surface area contributed by atoms with Gasteiger partial charge in [-0.3, -0.25) is 9.59 Å². The average molecular weight is 326 g/mol. The fourth-order valence-electron chi connectivity index (χ4n) is 2.55. The third kappa shape index (κ3) is 5.31. The van der Waals surface area contributed by atoms with E-state index in [9.17, 15) is 9.59 Å². The summed E-state index contributed by atoms with van der Waals surface area (Å²) in [6, 6.07) is 8.44. The molecule has 1 aliphatic rings. The molecule has 2 amide bonds. The molecule has 0 aromatic heterocycles. The quantitative estimate of drug-likeness (QED) is 0.739. The number of rotatable bonds is 6. The molecule has 0 saturated carbocycles. The molecule has 1 aromatic carbocycles. The Labute approximate surface area is 137 Å². The maximum absolute atomic E-state index is 11.8. The number of fused-ring (bicyclic) bond motifs is 1. The monoisotopic (exact) mass is 325 g/mol. The molecule has 1 aliphatic heterocycles. The van der Waals surface area contributed by atoms with Crippen LogP contribution in [0.5, 0.6) is 0 Å². The molecule has 0 bridgehead atoms. The van der Waals surface area contributed by atoms with Gasteiger partial charge in [0.05, 0.1) is 6.54 Å². The van der Waals surface area contributed by atoms with Crippen molar-refractivity contribution in [3.63, 3.8) is 0 Å². The van der Waals surface area contributed by atoms with Crippen LogP contribution in [0.3, 0.4) is 0 Å². The van der Waals surface area contributed by atoms with Crippen LogP contribution in [0.4, 0.5) is 0 Å². The van der Waals surface area contributed by atoms with Gasteiger partial charge in [-0.15, -0.1) is 12.4 Å². The van der Waals surface area contributed by atoms with Crippen LogP contribution in [0.25, 0.3) is 0 Å². The number of benzene rings is 1. The van der Waals surface area contributed by atoms with E-state index in [0.717, 1.165) is 19.4 Å². The van der Waals surface area contributed by atoms with Gasteiger partial charge in [0.25, 0.3) is 0 Å². The first-order valence-electron chi connectivity index (χ1n) is 7.55. The van der Waals surface area contributed by atoms with Crippen molar-refractivity contribution in [2.45, 2.75) is 32.2 Å². The maximum Gasteiger partial charge on any atom is 0.239 e. The summed E-state index contributed by atoms with van der Waals surface area (Å²) < 4.78 is 0. The summed E-state index contributed by atoms with van der Waals surface area (Å²) in [5.41, 5.74) is 2.59. The molecule has 0 fully saturated rings. The Morgan fingerprint density at radius 3 is 2.77 bits per heavy atom. The number of hydrogen-bond donors (Lipinski definition) is 3. The minimum Gasteiger partial charge on any atom is -0.353 e. The second kappa shape index (κ2) is 9.43. The second-order valence-electron chi connectivity index (χ2n) is 5.29. The first kappa shape index (κ1) is 18.5. The molecule has 22 heavy (non-hydrogen) atoms. The maximum atomic E-state index is 11.8. The van der Waals surface area contributed by atoms with E-state index >= 15 is 0 Å². The zero-order valence-corrected chi connectivity index (χ0v) is 13.7. The van der Waals surface area contributed by atoms with Crippen molar-refractivity contribution in [2.75, 3.05) is 19.6 Å². The fraction of sp³-hybridized carbons (Fsp3) is 0.500. The van der Waals surface area contributed by atoms with Gasteiger partial charge in [0.2, 0.25) is 11.8 Å². The van der Waals surface area contributed by atoms with Crippen molar-refractivity contribution in [3.8, 4) is 0 Å². The Morgan fingerprint density at radius 2 is 2.00 bits per heavy atom. The first-order valence-corrected chi connectivity index (χ1v) is 7.55. The Morgan fingerprint density at radius 1 is 1.23 bits per heavy atom. The Hall–Kier alpha value is -1.59. The summed E-state index contributed by atoms with van der Waals surface area (Å²) in [6.45, 7) is 3.45. The van der Waals surface area contributed by atoms with E-state index in [1.54, 1.807) is 0 Å². The van der Waals surface area contributed by atoms with E-state index in [0.29, 0.717) is 13.0 Å². The van der Waals surface area contributed by atoms with Crippen LogP contribution < -0.4 is 16.0 Å². The van der Waals surface area contributed by atoms with Gasteiger partial charge in [0.1, 0.15) is 0 Å². The van der Waals surface area contributed by atoms with Crippen LogP contribution in [0.1, 0.15) is 36.9 Å². The summed E-state index contributed by atoms with van der Waals surface area (Å²) >= 11 is 0. The van der Waals surface area contributed by atoms with Crippen LogP contribution in [-0.2, 0) is 16.0 Å². The van der Waals surface area contributed by atoms with Crippen LogP contribution in [0.2, 0.25) is 0 Å². The minimum absolute atomic E-state index is 0. The number of amides is 2. The van der Waals surface area contributed by atoms with Crippen LogP contribution >= 0.6 is 12.4 Å². The highest BCUT2D eigenvalue weighted by Crippen LogP contribution is 2.21. The van der Waals surface area contributed by atoms with Crippen molar-refractivity contribution in [2.24, 2.45) is 0 Å². The minimum atomic E-state index is -0.149. The van der Waals surface area contributed by atoms with Crippen molar-refractivity contribution in [3.05, 3.63) is 35.4 Å². The third-order valence-corrected chi connectivity index (χ3v) is 3.64. The first-order chi connectivity index (χ1) is 10.2. The molecule has 122 valence electrons. The molecule has 1 aromatic rings. The lowest BCUT2D eigenvalue weighted by Gasteiger charge is -2.27. The molecule has 1 atom stereocenters. The zero-order chi connectivity index (χ0) is 15.1. The van der Waals surface area contributed by atoms with E-state index in [1.165, 1.54) is 11.1 Å². The summed E-state index contributed by atoms with van der Waals surface area (Å²) in [4.78, 5) is 23.1. The molecule has 0 aliphatic carbocycles. The largest absolute Gasteiger partial charge is 0.353 e. The average Bonchev–Trinajstić information content (AvgIpc) is 2.51. The Balaban J connectivity index is 0.00000242. The smallest absolute Gasteiger partial charge is 0.239 e.